The number of aromatic nitrogens is 4. The number of anilines is 1. The lowest BCUT2D eigenvalue weighted by molar-refractivity contribution is -0.111. The summed E-state index contributed by atoms with van der Waals surface area (Å²) >= 11 is 6.52. The van der Waals surface area contributed by atoms with Crippen molar-refractivity contribution >= 4 is 29.3 Å². The number of nitrogens with zero attached hydrogens (tertiary/aromatic N) is 4. The topological polar surface area (TPSA) is 64.7 Å². The molecule has 4 rings (SSSR count). The molecule has 0 saturated heterocycles. The number of aryl methyl sites for hydroxylation is 1. The van der Waals surface area contributed by atoms with Gasteiger partial charge in [-0.25, -0.2) is 4.68 Å². The largest absolute Gasteiger partial charge is 0.323 e. The zero-order valence-electron chi connectivity index (χ0n) is 17.1. The molecule has 2 heterocycles. The van der Waals surface area contributed by atoms with Crippen LogP contribution in [0.1, 0.15) is 22.4 Å². The van der Waals surface area contributed by atoms with E-state index in [9.17, 15) is 4.79 Å². The smallest absolute Gasteiger partial charge is 0.248 e. The molecule has 2 aromatic heterocycles. The van der Waals surface area contributed by atoms with Crippen molar-refractivity contribution in [2.75, 3.05) is 5.32 Å². The highest BCUT2D eigenvalue weighted by Gasteiger charge is 2.12. The van der Waals surface area contributed by atoms with Gasteiger partial charge < -0.3 is 5.32 Å². The maximum atomic E-state index is 12.4. The summed E-state index contributed by atoms with van der Waals surface area (Å²) in [6, 6.07) is 19.6. The molecule has 2 aromatic carbocycles. The summed E-state index contributed by atoms with van der Waals surface area (Å²) in [6.45, 7) is 3.09. The predicted molar refractivity (Wildman–Crippen MR) is 123 cm³/mol. The van der Waals surface area contributed by atoms with Crippen molar-refractivity contribution in [2.24, 2.45) is 0 Å². The lowest BCUT2D eigenvalue weighted by Gasteiger charge is -2.06. The molecule has 0 radical (unpaired) electrons. The molecule has 156 valence electrons. The van der Waals surface area contributed by atoms with Gasteiger partial charge in [0.1, 0.15) is 5.15 Å². The van der Waals surface area contributed by atoms with Gasteiger partial charge in [0.25, 0.3) is 0 Å². The van der Waals surface area contributed by atoms with Crippen molar-refractivity contribution in [1.29, 1.82) is 0 Å². The fourth-order valence-corrected chi connectivity index (χ4v) is 3.59. The Hall–Kier alpha value is -3.64. The summed E-state index contributed by atoms with van der Waals surface area (Å²) in [5.41, 5.74) is 4.38. The molecule has 1 amide bonds. The van der Waals surface area contributed by atoms with E-state index in [-0.39, 0.29) is 5.91 Å². The van der Waals surface area contributed by atoms with Gasteiger partial charge in [0, 0.05) is 29.7 Å². The summed E-state index contributed by atoms with van der Waals surface area (Å²) in [6.07, 6.45) is 6.82. The highest BCUT2D eigenvalue weighted by atomic mass is 35.5. The maximum Gasteiger partial charge on any atom is 0.248 e. The fraction of sp³-hybridized carbons (Fsp3) is 0.125. The second kappa shape index (κ2) is 9.45. The van der Waals surface area contributed by atoms with Crippen LogP contribution in [0.2, 0.25) is 5.15 Å². The van der Waals surface area contributed by atoms with Crippen LogP contribution in [0.25, 0.3) is 6.08 Å². The summed E-state index contributed by atoms with van der Waals surface area (Å²) in [7, 11) is 0. The van der Waals surface area contributed by atoms with Gasteiger partial charge in [0.2, 0.25) is 5.91 Å². The summed E-state index contributed by atoms with van der Waals surface area (Å²) in [5, 5.41) is 12.1. The number of nitrogens with one attached hydrogen (secondary N) is 1. The van der Waals surface area contributed by atoms with Crippen LogP contribution in [0, 0.1) is 6.92 Å². The van der Waals surface area contributed by atoms with E-state index in [1.54, 1.807) is 17.0 Å². The first-order valence-electron chi connectivity index (χ1n) is 9.91. The zero-order chi connectivity index (χ0) is 21.6. The first-order valence-corrected chi connectivity index (χ1v) is 10.3. The summed E-state index contributed by atoms with van der Waals surface area (Å²) in [5.74, 6) is -0.234. The van der Waals surface area contributed by atoms with Crippen LogP contribution in [0.3, 0.4) is 0 Å². The number of hydrogen-bond acceptors (Lipinski definition) is 3. The molecule has 0 aliphatic rings. The maximum absolute atomic E-state index is 12.4. The van der Waals surface area contributed by atoms with Crippen molar-refractivity contribution in [3.8, 4) is 0 Å². The quantitative estimate of drug-likeness (QED) is 0.428. The zero-order valence-corrected chi connectivity index (χ0v) is 17.8. The number of hydrogen-bond donors (Lipinski definition) is 1. The van der Waals surface area contributed by atoms with Gasteiger partial charge in [-0.05, 0) is 42.3 Å². The lowest BCUT2D eigenvalue weighted by atomic mass is 10.2. The summed E-state index contributed by atoms with van der Waals surface area (Å²) < 4.78 is 3.57. The third-order valence-corrected chi connectivity index (χ3v) is 5.18. The molecule has 0 atom stereocenters. The molecule has 1 N–H and O–H groups in total. The number of rotatable bonds is 7. The van der Waals surface area contributed by atoms with Gasteiger partial charge in [-0.15, -0.1) is 0 Å². The van der Waals surface area contributed by atoms with Gasteiger partial charge in [0.15, 0.2) is 0 Å². The van der Waals surface area contributed by atoms with Crippen molar-refractivity contribution < 1.29 is 4.79 Å². The van der Waals surface area contributed by atoms with E-state index in [4.69, 9.17) is 11.6 Å². The Morgan fingerprint density at radius 3 is 2.65 bits per heavy atom. The molecule has 7 heteroatoms. The Balaban J connectivity index is 1.42. The molecule has 4 aromatic rings. The molecule has 0 bridgehead atoms. The Bertz CT molecular complexity index is 1200. The van der Waals surface area contributed by atoms with Crippen molar-refractivity contribution in [1.82, 2.24) is 19.6 Å². The third kappa shape index (κ3) is 5.29. The molecule has 0 saturated carbocycles. The standard InChI is InChI=1S/C24H22ClN5O/c1-18-22(24(25)30(28-18)17-19-7-3-2-4-8-19)11-12-23(31)27-21-10-5-9-20(15-21)16-29-14-6-13-26-29/h2-15H,16-17H2,1H3,(H,27,31)/b12-11+. The Kier molecular flexibility index (Phi) is 6.29. The summed E-state index contributed by atoms with van der Waals surface area (Å²) in [4.78, 5) is 12.4. The molecular formula is C24H22ClN5O. The van der Waals surface area contributed by atoms with E-state index < -0.39 is 0 Å². The van der Waals surface area contributed by atoms with Gasteiger partial charge in [-0.3, -0.25) is 9.48 Å². The number of carbonyl (C=O) groups is 1. The van der Waals surface area contributed by atoms with Gasteiger partial charge in [-0.1, -0.05) is 54.1 Å². The first-order chi connectivity index (χ1) is 15.1. The van der Waals surface area contributed by atoms with Crippen molar-refractivity contribution in [2.45, 2.75) is 20.0 Å². The fourth-order valence-electron chi connectivity index (χ4n) is 3.29. The number of halogens is 1. The molecule has 0 spiro atoms. The lowest BCUT2D eigenvalue weighted by Crippen LogP contribution is -2.08. The second-order valence-electron chi connectivity index (χ2n) is 7.16. The molecule has 31 heavy (non-hydrogen) atoms. The molecule has 0 fully saturated rings. The Morgan fingerprint density at radius 2 is 1.87 bits per heavy atom. The number of benzene rings is 2. The number of carbonyl (C=O) groups excluding carboxylic acids is 1. The van der Waals surface area contributed by atoms with Crippen molar-refractivity contribution in [3.63, 3.8) is 0 Å². The van der Waals surface area contributed by atoms with Crippen LogP contribution in [-0.2, 0) is 17.9 Å². The highest BCUT2D eigenvalue weighted by molar-refractivity contribution is 6.31. The minimum atomic E-state index is -0.234. The van der Waals surface area contributed by atoms with E-state index in [2.05, 4.69) is 15.5 Å². The number of amides is 1. The van der Waals surface area contributed by atoms with Crippen LogP contribution in [0.15, 0.2) is 79.1 Å². The van der Waals surface area contributed by atoms with E-state index in [0.29, 0.717) is 18.2 Å². The van der Waals surface area contributed by atoms with Crippen LogP contribution < -0.4 is 5.32 Å². The Morgan fingerprint density at radius 1 is 1.06 bits per heavy atom. The van der Waals surface area contributed by atoms with Gasteiger partial charge >= 0.3 is 0 Å². The average molecular weight is 432 g/mol. The third-order valence-electron chi connectivity index (χ3n) is 4.78. The van der Waals surface area contributed by atoms with Crippen LogP contribution in [0.5, 0.6) is 0 Å². The van der Waals surface area contributed by atoms with Crippen LogP contribution in [0.4, 0.5) is 5.69 Å². The first kappa shape index (κ1) is 20.6. The van der Waals surface area contributed by atoms with E-state index in [1.807, 2.05) is 78.5 Å². The minimum absolute atomic E-state index is 0.234. The minimum Gasteiger partial charge on any atom is -0.323 e. The predicted octanol–water partition coefficient (Wildman–Crippen LogP) is 4.79. The molecule has 0 aliphatic carbocycles. The molecule has 6 nitrogen and oxygen atoms in total. The molecule has 0 unspecified atom stereocenters. The van der Waals surface area contributed by atoms with E-state index in [0.717, 1.165) is 28.1 Å². The second-order valence-corrected chi connectivity index (χ2v) is 7.52. The van der Waals surface area contributed by atoms with E-state index in [1.165, 1.54) is 6.08 Å². The molecular weight excluding hydrogens is 410 g/mol. The van der Waals surface area contributed by atoms with E-state index >= 15 is 0 Å². The average Bonchev–Trinajstić information content (AvgIpc) is 3.36. The normalized spacial score (nSPS) is 11.2. The monoisotopic (exact) mass is 431 g/mol. The Labute approximate surface area is 185 Å². The highest BCUT2D eigenvalue weighted by Crippen LogP contribution is 2.22. The van der Waals surface area contributed by atoms with Gasteiger partial charge in [-0.2, -0.15) is 10.2 Å². The molecule has 0 aliphatic heterocycles. The SMILES string of the molecule is Cc1nn(Cc2ccccc2)c(Cl)c1/C=C/C(=O)Nc1cccc(Cn2cccn2)c1. The van der Waals surface area contributed by atoms with Crippen molar-refractivity contribution in [3.05, 3.63) is 107 Å². The van der Waals surface area contributed by atoms with Crippen LogP contribution in [-0.4, -0.2) is 25.5 Å². The van der Waals surface area contributed by atoms with Crippen LogP contribution >= 0.6 is 11.6 Å². The van der Waals surface area contributed by atoms with Gasteiger partial charge in [0.05, 0.1) is 18.8 Å².